The predicted molar refractivity (Wildman–Crippen MR) is 63.8 cm³/mol. The molecule has 0 aromatic carbocycles. The van der Waals surface area contributed by atoms with Gasteiger partial charge in [0.15, 0.2) is 0 Å². The van der Waals surface area contributed by atoms with Crippen LogP contribution in [0.25, 0.3) is 0 Å². The molecule has 14 heavy (non-hydrogen) atoms. The van der Waals surface area contributed by atoms with Crippen molar-refractivity contribution in [3.8, 4) is 0 Å². The minimum atomic E-state index is 0.0247. The van der Waals surface area contributed by atoms with Gasteiger partial charge in [-0.25, -0.2) is 0 Å². The minimum absolute atomic E-state index is 0.0247. The lowest BCUT2D eigenvalue weighted by Crippen LogP contribution is -2.42. The van der Waals surface area contributed by atoms with E-state index in [4.69, 9.17) is 10.5 Å². The molecule has 0 spiro atoms. The van der Waals surface area contributed by atoms with E-state index in [2.05, 4.69) is 25.6 Å². The van der Waals surface area contributed by atoms with E-state index in [0.29, 0.717) is 5.92 Å². The maximum Gasteiger partial charge on any atom is 0.0702 e. The summed E-state index contributed by atoms with van der Waals surface area (Å²) in [5, 5.41) is 0. The lowest BCUT2D eigenvalue weighted by atomic mass is 9.84. The van der Waals surface area contributed by atoms with E-state index in [1.165, 1.54) is 24.3 Å². The van der Waals surface area contributed by atoms with Crippen LogP contribution in [-0.4, -0.2) is 30.3 Å². The highest BCUT2D eigenvalue weighted by Gasteiger charge is 2.34. The van der Waals surface area contributed by atoms with Crippen LogP contribution in [-0.2, 0) is 4.74 Å². The molecule has 3 heteroatoms. The van der Waals surface area contributed by atoms with Crippen molar-refractivity contribution >= 4 is 11.8 Å². The van der Waals surface area contributed by atoms with Gasteiger partial charge in [-0.2, -0.15) is 11.8 Å². The lowest BCUT2D eigenvalue weighted by molar-refractivity contribution is -0.0690. The van der Waals surface area contributed by atoms with Crippen molar-refractivity contribution < 1.29 is 4.74 Å². The Morgan fingerprint density at radius 3 is 2.86 bits per heavy atom. The Balaban J connectivity index is 2.54. The minimum Gasteiger partial charge on any atom is -0.375 e. The molecule has 84 valence electrons. The Hall–Kier alpha value is 0.270. The van der Waals surface area contributed by atoms with Gasteiger partial charge in [0, 0.05) is 6.61 Å². The highest BCUT2D eigenvalue weighted by Crippen LogP contribution is 2.35. The summed E-state index contributed by atoms with van der Waals surface area (Å²) in [6.07, 6.45) is 3.64. The molecule has 0 bridgehead atoms. The van der Waals surface area contributed by atoms with Gasteiger partial charge in [-0.05, 0) is 57.1 Å². The van der Waals surface area contributed by atoms with Gasteiger partial charge in [0.2, 0.25) is 0 Å². The molecule has 0 amide bonds. The Labute approximate surface area is 92.0 Å². The third kappa shape index (κ3) is 3.14. The SMILES string of the molecule is CCOC(C)(CCN)C1CCCSC1. The second-order valence-corrected chi connectivity index (χ2v) is 5.35. The van der Waals surface area contributed by atoms with E-state index < -0.39 is 0 Å². The number of thioether (sulfide) groups is 1. The normalized spacial score (nSPS) is 27.2. The van der Waals surface area contributed by atoms with Crippen LogP contribution in [0.3, 0.4) is 0 Å². The van der Waals surface area contributed by atoms with Crippen molar-refractivity contribution in [3.05, 3.63) is 0 Å². The summed E-state index contributed by atoms with van der Waals surface area (Å²) < 4.78 is 5.92. The quantitative estimate of drug-likeness (QED) is 0.767. The predicted octanol–water partition coefficient (Wildman–Crippen LogP) is 2.27. The van der Waals surface area contributed by atoms with Crippen molar-refractivity contribution in [3.63, 3.8) is 0 Å². The number of hydrogen-bond acceptors (Lipinski definition) is 3. The zero-order valence-corrected chi connectivity index (χ0v) is 10.2. The van der Waals surface area contributed by atoms with Crippen molar-refractivity contribution in [2.24, 2.45) is 11.7 Å². The molecule has 0 aromatic heterocycles. The van der Waals surface area contributed by atoms with Crippen molar-refractivity contribution in [2.45, 2.75) is 38.7 Å². The first-order chi connectivity index (χ1) is 6.73. The van der Waals surface area contributed by atoms with Gasteiger partial charge in [-0.1, -0.05) is 0 Å². The van der Waals surface area contributed by atoms with Gasteiger partial charge in [0.05, 0.1) is 5.60 Å². The van der Waals surface area contributed by atoms with Gasteiger partial charge in [0.25, 0.3) is 0 Å². The molecule has 0 aromatic rings. The number of ether oxygens (including phenoxy) is 1. The van der Waals surface area contributed by atoms with Crippen LogP contribution in [0.4, 0.5) is 0 Å². The third-order valence-electron chi connectivity index (χ3n) is 3.14. The Bertz CT molecular complexity index is 151. The largest absolute Gasteiger partial charge is 0.375 e. The maximum absolute atomic E-state index is 5.92. The fourth-order valence-corrected chi connectivity index (χ4v) is 3.57. The average Bonchev–Trinajstić information content (AvgIpc) is 2.20. The van der Waals surface area contributed by atoms with Gasteiger partial charge in [0.1, 0.15) is 0 Å². The molecule has 1 saturated heterocycles. The molecule has 0 aliphatic carbocycles. The van der Waals surface area contributed by atoms with Crippen LogP contribution in [0.1, 0.15) is 33.1 Å². The van der Waals surface area contributed by atoms with E-state index in [0.717, 1.165) is 19.6 Å². The second-order valence-electron chi connectivity index (χ2n) is 4.20. The molecular formula is C11H23NOS. The molecule has 2 nitrogen and oxygen atoms in total. The number of nitrogens with two attached hydrogens (primary N) is 1. The first-order valence-electron chi connectivity index (χ1n) is 5.64. The average molecular weight is 217 g/mol. The van der Waals surface area contributed by atoms with Crippen molar-refractivity contribution in [1.82, 2.24) is 0 Å². The monoisotopic (exact) mass is 217 g/mol. The zero-order chi connectivity index (χ0) is 10.4. The van der Waals surface area contributed by atoms with Crippen molar-refractivity contribution in [2.75, 3.05) is 24.7 Å². The van der Waals surface area contributed by atoms with Crippen molar-refractivity contribution in [1.29, 1.82) is 0 Å². The Morgan fingerprint density at radius 1 is 1.57 bits per heavy atom. The molecule has 2 N–H and O–H groups in total. The number of rotatable bonds is 5. The first kappa shape index (κ1) is 12.3. The Morgan fingerprint density at radius 2 is 2.36 bits per heavy atom. The van der Waals surface area contributed by atoms with E-state index >= 15 is 0 Å². The van der Waals surface area contributed by atoms with E-state index in [1.807, 2.05) is 0 Å². The number of hydrogen-bond donors (Lipinski definition) is 1. The topological polar surface area (TPSA) is 35.2 Å². The molecule has 1 heterocycles. The molecule has 0 radical (unpaired) electrons. The Kier molecular flexibility index (Phi) is 5.28. The highest BCUT2D eigenvalue weighted by molar-refractivity contribution is 7.99. The van der Waals surface area contributed by atoms with Crippen LogP contribution in [0.2, 0.25) is 0 Å². The summed E-state index contributed by atoms with van der Waals surface area (Å²) in [7, 11) is 0. The summed E-state index contributed by atoms with van der Waals surface area (Å²) >= 11 is 2.06. The van der Waals surface area contributed by atoms with E-state index in [9.17, 15) is 0 Å². The van der Waals surface area contributed by atoms with Crippen LogP contribution in [0.5, 0.6) is 0 Å². The molecule has 1 aliphatic rings. The summed E-state index contributed by atoms with van der Waals surface area (Å²) in [4.78, 5) is 0. The molecule has 2 unspecified atom stereocenters. The summed E-state index contributed by atoms with van der Waals surface area (Å²) in [6, 6.07) is 0. The van der Waals surface area contributed by atoms with E-state index in [-0.39, 0.29) is 5.60 Å². The van der Waals surface area contributed by atoms with Crippen LogP contribution >= 0.6 is 11.8 Å². The molecule has 1 rings (SSSR count). The summed E-state index contributed by atoms with van der Waals surface area (Å²) in [5.41, 5.74) is 5.69. The molecular weight excluding hydrogens is 194 g/mol. The summed E-state index contributed by atoms with van der Waals surface area (Å²) in [5.74, 6) is 3.27. The molecule has 0 saturated carbocycles. The van der Waals surface area contributed by atoms with E-state index in [1.54, 1.807) is 0 Å². The lowest BCUT2D eigenvalue weighted by Gasteiger charge is -2.39. The smallest absolute Gasteiger partial charge is 0.0702 e. The van der Waals surface area contributed by atoms with Gasteiger partial charge in [-0.15, -0.1) is 0 Å². The fraction of sp³-hybridized carbons (Fsp3) is 1.00. The first-order valence-corrected chi connectivity index (χ1v) is 6.80. The molecule has 1 aliphatic heterocycles. The zero-order valence-electron chi connectivity index (χ0n) is 9.42. The highest BCUT2D eigenvalue weighted by atomic mass is 32.2. The standard InChI is InChI=1S/C11H23NOS/c1-3-13-11(2,6-7-12)10-5-4-8-14-9-10/h10H,3-9,12H2,1-2H3. The van der Waals surface area contributed by atoms with Gasteiger partial charge < -0.3 is 10.5 Å². The molecule has 2 atom stereocenters. The van der Waals surface area contributed by atoms with Crippen LogP contribution < -0.4 is 5.73 Å². The van der Waals surface area contributed by atoms with Gasteiger partial charge in [-0.3, -0.25) is 0 Å². The maximum atomic E-state index is 5.92. The van der Waals surface area contributed by atoms with Crippen LogP contribution in [0, 0.1) is 5.92 Å². The molecule has 1 fully saturated rings. The fourth-order valence-electron chi connectivity index (χ4n) is 2.23. The van der Waals surface area contributed by atoms with Gasteiger partial charge >= 0.3 is 0 Å². The summed E-state index contributed by atoms with van der Waals surface area (Å²) in [6.45, 7) is 5.85. The third-order valence-corrected chi connectivity index (χ3v) is 4.35. The van der Waals surface area contributed by atoms with Crippen LogP contribution in [0.15, 0.2) is 0 Å². The second kappa shape index (κ2) is 5.99.